The molecule has 10 rings (SSSR count). The molecule has 2 aromatic heterocycles. The van der Waals surface area contributed by atoms with Gasteiger partial charge >= 0.3 is 0 Å². The van der Waals surface area contributed by atoms with Gasteiger partial charge in [0, 0.05) is 32.7 Å². The van der Waals surface area contributed by atoms with Crippen molar-refractivity contribution in [3.63, 3.8) is 0 Å². The third-order valence-electron chi connectivity index (χ3n) is 9.49. The molecule has 46 heavy (non-hydrogen) atoms. The monoisotopic (exact) mass is 586 g/mol. The van der Waals surface area contributed by atoms with Crippen LogP contribution >= 0.6 is 0 Å². The summed E-state index contributed by atoms with van der Waals surface area (Å²) < 4.78 is 13.3. The Bertz CT molecular complexity index is 2740. The molecule has 0 aliphatic carbocycles. The van der Waals surface area contributed by atoms with E-state index in [1.54, 1.807) is 0 Å². The quantitative estimate of drug-likeness (QED) is 0.193. The van der Waals surface area contributed by atoms with Gasteiger partial charge < -0.3 is 8.83 Å². The summed E-state index contributed by atoms with van der Waals surface area (Å²) in [5, 5.41) is 9.14. The van der Waals surface area contributed by atoms with Crippen LogP contribution in [-0.4, -0.2) is 0 Å². The Morgan fingerprint density at radius 1 is 0.261 bits per heavy atom. The second-order valence-electron chi connectivity index (χ2n) is 12.0. The van der Waals surface area contributed by atoms with E-state index < -0.39 is 0 Å². The van der Waals surface area contributed by atoms with Crippen LogP contribution in [0.3, 0.4) is 0 Å². The molecule has 0 atom stereocenters. The molecule has 0 aliphatic heterocycles. The predicted molar refractivity (Wildman–Crippen MR) is 192 cm³/mol. The predicted octanol–water partition coefficient (Wildman–Crippen LogP) is 12.8. The van der Waals surface area contributed by atoms with E-state index in [9.17, 15) is 0 Å². The van der Waals surface area contributed by atoms with Crippen LogP contribution in [0, 0.1) is 0 Å². The maximum atomic E-state index is 6.88. The summed E-state index contributed by atoms with van der Waals surface area (Å²) in [6, 6.07) is 56.1. The molecule has 0 fully saturated rings. The first-order valence-corrected chi connectivity index (χ1v) is 15.7. The Kier molecular flexibility index (Phi) is 5.31. The van der Waals surface area contributed by atoms with Crippen molar-refractivity contribution in [3.05, 3.63) is 158 Å². The van der Waals surface area contributed by atoms with Gasteiger partial charge in [0.2, 0.25) is 0 Å². The summed E-state index contributed by atoms with van der Waals surface area (Å²) in [5.74, 6) is 0. The van der Waals surface area contributed by atoms with Gasteiger partial charge in [-0.3, -0.25) is 0 Å². The van der Waals surface area contributed by atoms with Gasteiger partial charge in [0.15, 0.2) is 11.2 Å². The molecule has 214 valence electrons. The zero-order chi connectivity index (χ0) is 30.2. The van der Waals surface area contributed by atoms with Gasteiger partial charge in [0.05, 0.1) is 0 Å². The van der Waals surface area contributed by atoms with Crippen LogP contribution in [0.2, 0.25) is 0 Å². The van der Waals surface area contributed by atoms with E-state index in [-0.39, 0.29) is 0 Å². The molecule has 0 saturated carbocycles. The van der Waals surface area contributed by atoms with Gasteiger partial charge in [-0.05, 0) is 62.0 Å². The van der Waals surface area contributed by atoms with Crippen molar-refractivity contribution >= 4 is 65.4 Å². The molecule has 0 saturated heterocycles. The minimum absolute atomic E-state index is 0.790. The minimum atomic E-state index is 0.790. The highest BCUT2D eigenvalue weighted by Crippen LogP contribution is 2.48. The molecule has 2 heterocycles. The molecule has 0 unspecified atom stereocenters. The summed E-state index contributed by atoms with van der Waals surface area (Å²) in [7, 11) is 0. The van der Waals surface area contributed by atoms with Crippen molar-refractivity contribution in [2.45, 2.75) is 0 Å². The number of para-hydroxylation sites is 2. The van der Waals surface area contributed by atoms with Crippen LogP contribution in [0.1, 0.15) is 0 Å². The van der Waals surface area contributed by atoms with E-state index in [1.165, 1.54) is 49.4 Å². The molecule has 0 bridgehead atoms. The average Bonchev–Trinajstić information content (AvgIpc) is 3.70. The van der Waals surface area contributed by atoms with E-state index in [0.717, 1.165) is 49.4 Å². The zero-order valence-corrected chi connectivity index (χ0v) is 24.8. The zero-order valence-electron chi connectivity index (χ0n) is 24.8. The molecule has 2 heteroatoms. The number of benzene rings is 8. The van der Waals surface area contributed by atoms with Crippen LogP contribution < -0.4 is 0 Å². The molecule has 0 N–H and O–H groups in total. The Morgan fingerprint density at radius 2 is 0.717 bits per heavy atom. The number of hydrogen-bond donors (Lipinski definition) is 0. The van der Waals surface area contributed by atoms with Crippen molar-refractivity contribution in [2.24, 2.45) is 0 Å². The number of hydrogen-bond acceptors (Lipinski definition) is 2. The maximum Gasteiger partial charge on any atom is 0.178 e. The highest BCUT2D eigenvalue weighted by molar-refractivity contribution is 6.26. The van der Waals surface area contributed by atoms with Gasteiger partial charge in [-0.2, -0.15) is 0 Å². The van der Waals surface area contributed by atoms with Crippen molar-refractivity contribution < 1.29 is 8.83 Å². The molecule has 0 aliphatic rings. The first-order valence-electron chi connectivity index (χ1n) is 15.7. The summed E-state index contributed by atoms with van der Waals surface area (Å²) in [6.07, 6.45) is 0. The number of rotatable bonds is 3. The Hall–Kier alpha value is -6.12. The highest BCUT2D eigenvalue weighted by atomic mass is 16.4. The lowest BCUT2D eigenvalue weighted by atomic mass is 9.83. The summed E-state index contributed by atoms with van der Waals surface area (Å²) in [5.41, 5.74) is 10.5. The lowest BCUT2D eigenvalue weighted by Crippen LogP contribution is -1.92. The normalized spacial score (nSPS) is 11.9. The van der Waals surface area contributed by atoms with E-state index in [1.807, 2.05) is 12.1 Å². The van der Waals surface area contributed by atoms with Crippen LogP contribution in [-0.2, 0) is 0 Å². The number of furan rings is 2. The Morgan fingerprint density at radius 3 is 1.41 bits per heavy atom. The van der Waals surface area contributed by atoms with E-state index in [4.69, 9.17) is 8.83 Å². The molecule has 10 aromatic rings. The maximum absolute atomic E-state index is 6.88. The van der Waals surface area contributed by atoms with Gasteiger partial charge in [-0.15, -0.1) is 0 Å². The summed E-state index contributed by atoms with van der Waals surface area (Å²) >= 11 is 0. The van der Waals surface area contributed by atoms with Crippen LogP contribution in [0.4, 0.5) is 0 Å². The van der Waals surface area contributed by atoms with Gasteiger partial charge in [0.25, 0.3) is 0 Å². The molecule has 0 radical (unpaired) electrons. The summed E-state index contributed by atoms with van der Waals surface area (Å²) in [6.45, 7) is 0. The summed E-state index contributed by atoms with van der Waals surface area (Å²) in [4.78, 5) is 0. The lowest BCUT2D eigenvalue weighted by Gasteiger charge is -2.19. The van der Waals surface area contributed by atoms with Crippen molar-refractivity contribution in [1.82, 2.24) is 0 Å². The van der Waals surface area contributed by atoms with Gasteiger partial charge in [0.1, 0.15) is 11.2 Å². The van der Waals surface area contributed by atoms with Crippen LogP contribution in [0.15, 0.2) is 167 Å². The second-order valence-corrected chi connectivity index (χ2v) is 12.0. The molecule has 0 amide bonds. The smallest absolute Gasteiger partial charge is 0.178 e. The second kappa shape index (κ2) is 9.69. The first kappa shape index (κ1) is 25.2. The molecular weight excluding hydrogens is 560 g/mol. The lowest BCUT2D eigenvalue weighted by molar-refractivity contribution is 0.634. The SMILES string of the molecule is c1ccc(-c2ccccc2-c2c3ccccc3c(-c3cccc4c3oc3c4ccc4c5ccccc5oc43)c3ccccc23)cc1. The standard InChI is InChI=1S/C44H26O2/c1-2-13-27(14-3-1)28-15-4-5-17-30(28)40-31-18-6-8-20-33(31)41(34-21-9-7-19-32(34)40)38-23-12-22-35-37-26-25-36-29-16-10-11-24-39(29)45-43(36)44(37)46-42(35)38/h1-26H. The minimum Gasteiger partial charge on any atom is -0.452 e. The fraction of sp³-hybridized carbons (Fsp3) is 0. The average molecular weight is 587 g/mol. The molecule has 2 nitrogen and oxygen atoms in total. The van der Waals surface area contributed by atoms with E-state index in [2.05, 4.69) is 146 Å². The van der Waals surface area contributed by atoms with E-state index >= 15 is 0 Å². The fourth-order valence-electron chi connectivity index (χ4n) is 7.51. The fourth-order valence-corrected chi connectivity index (χ4v) is 7.51. The third kappa shape index (κ3) is 3.53. The molecular formula is C44H26O2. The van der Waals surface area contributed by atoms with Crippen molar-refractivity contribution in [2.75, 3.05) is 0 Å². The first-order chi connectivity index (χ1) is 22.8. The largest absolute Gasteiger partial charge is 0.452 e. The van der Waals surface area contributed by atoms with Crippen molar-refractivity contribution in [3.8, 4) is 33.4 Å². The molecule has 0 spiro atoms. The Balaban J connectivity index is 1.32. The highest BCUT2D eigenvalue weighted by Gasteiger charge is 2.22. The van der Waals surface area contributed by atoms with Crippen molar-refractivity contribution in [1.29, 1.82) is 0 Å². The van der Waals surface area contributed by atoms with Crippen LogP contribution in [0.5, 0.6) is 0 Å². The number of fused-ring (bicyclic) bond motifs is 9. The van der Waals surface area contributed by atoms with Gasteiger partial charge in [-0.1, -0.05) is 140 Å². The van der Waals surface area contributed by atoms with Crippen LogP contribution in [0.25, 0.3) is 98.8 Å². The Labute approximate surface area is 264 Å². The molecule has 8 aromatic carbocycles. The van der Waals surface area contributed by atoms with Gasteiger partial charge in [-0.25, -0.2) is 0 Å². The topological polar surface area (TPSA) is 26.3 Å². The third-order valence-corrected chi connectivity index (χ3v) is 9.49. The van der Waals surface area contributed by atoms with E-state index in [0.29, 0.717) is 0 Å².